The van der Waals surface area contributed by atoms with Crippen LogP contribution in [0.4, 0.5) is 17.1 Å². The van der Waals surface area contributed by atoms with E-state index in [0.717, 1.165) is 66.6 Å². The number of furan rings is 1. The third-order valence-corrected chi connectivity index (χ3v) is 13.4. The van der Waals surface area contributed by atoms with Gasteiger partial charge in [0.15, 0.2) is 17.5 Å². The van der Waals surface area contributed by atoms with Gasteiger partial charge in [0.2, 0.25) is 0 Å². The van der Waals surface area contributed by atoms with Gasteiger partial charge in [0.05, 0.1) is 28.0 Å². The number of aromatic nitrogens is 4. The summed E-state index contributed by atoms with van der Waals surface area (Å²) in [4.78, 5) is 17.5. The van der Waals surface area contributed by atoms with Gasteiger partial charge in [-0.3, -0.25) is 0 Å². The summed E-state index contributed by atoms with van der Waals surface area (Å²) < 4.78 is 9.54. The summed E-state index contributed by atoms with van der Waals surface area (Å²) in [5.74, 6) is 1.78. The maximum Gasteiger partial charge on any atom is 0.167 e. The number of rotatable bonds is 6. The van der Waals surface area contributed by atoms with Crippen molar-refractivity contribution < 1.29 is 4.42 Å². The van der Waals surface area contributed by atoms with Gasteiger partial charge in [0.1, 0.15) is 11.2 Å². The molecule has 0 unspecified atom stereocenters. The maximum atomic E-state index is 7.07. The second kappa shape index (κ2) is 14.7. The Bertz CT molecular complexity index is 3780. The number of hydrogen-bond acceptors (Lipinski definition) is 5. The van der Waals surface area contributed by atoms with Crippen molar-refractivity contribution >= 4 is 60.8 Å². The largest absolute Gasteiger partial charge is 0.455 e. The van der Waals surface area contributed by atoms with E-state index in [1.807, 2.05) is 66.7 Å². The highest BCUT2D eigenvalue weighted by molar-refractivity contribution is 6.16. The minimum Gasteiger partial charge on any atom is -0.455 e. The SMILES string of the molecule is CC1(C)c2ccccc2N(c2ccccc2)c2ccc3c4cc(-c5cccc6c5oc5c(-c7nc(-c8ccccc8)nc(-c8ccccc8)n7)cccc56)ccc4n(-c4ccccc4)c3c21. The molecule has 0 fully saturated rings. The van der Waals surface area contributed by atoms with Crippen LogP contribution in [-0.2, 0) is 5.41 Å². The van der Waals surface area contributed by atoms with E-state index < -0.39 is 0 Å². The first-order chi connectivity index (χ1) is 32.5. The molecule has 0 radical (unpaired) electrons. The molecule has 6 heteroatoms. The van der Waals surface area contributed by atoms with E-state index in [-0.39, 0.29) is 5.41 Å². The Hall–Kier alpha value is -8.61. The van der Waals surface area contributed by atoms with Gasteiger partial charge in [0, 0.05) is 60.6 Å². The Morgan fingerprint density at radius 1 is 0.409 bits per heavy atom. The number of fused-ring (bicyclic) bond motifs is 9. The van der Waals surface area contributed by atoms with Crippen molar-refractivity contribution in [2.75, 3.05) is 4.90 Å². The Morgan fingerprint density at radius 2 is 0.970 bits per heavy atom. The summed E-state index contributed by atoms with van der Waals surface area (Å²) in [7, 11) is 0. The van der Waals surface area contributed by atoms with Crippen molar-refractivity contribution in [2.45, 2.75) is 19.3 Å². The molecule has 0 atom stereocenters. The van der Waals surface area contributed by atoms with E-state index in [1.54, 1.807) is 0 Å². The van der Waals surface area contributed by atoms with E-state index in [1.165, 1.54) is 38.8 Å². The van der Waals surface area contributed by atoms with Crippen LogP contribution in [0.15, 0.2) is 217 Å². The fourth-order valence-corrected chi connectivity index (χ4v) is 10.4. The highest BCUT2D eigenvalue weighted by Gasteiger charge is 2.39. The molecule has 0 spiro atoms. The van der Waals surface area contributed by atoms with Crippen molar-refractivity contribution in [1.29, 1.82) is 0 Å². The normalized spacial score (nSPS) is 13.1. The molecular formula is C60H41N5O. The summed E-state index contributed by atoms with van der Waals surface area (Å²) >= 11 is 0. The molecule has 1 aliphatic heterocycles. The highest BCUT2D eigenvalue weighted by atomic mass is 16.3. The van der Waals surface area contributed by atoms with E-state index in [9.17, 15) is 0 Å². The number of hydrogen-bond donors (Lipinski definition) is 0. The summed E-state index contributed by atoms with van der Waals surface area (Å²) in [5, 5.41) is 4.42. The van der Waals surface area contributed by atoms with E-state index in [0.29, 0.717) is 17.5 Å². The molecule has 4 heterocycles. The zero-order valence-corrected chi connectivity index (χ0v) is 36.4. The number of anilines is 3. The number of para-hydroxylation sites is 5. The van der Waals surface area contributed by atoms with Crippen LogP contribution in [0.2, 0.25) is 0 Å². The van der Waals surface area contributed by atoms with Crippen LogP contribution in [0, 0.1) is 0 Å². The Morgan fingerprint density at radius 3 is 1.64 bits per heavy atom. The fraction of sp³-hybridized carbons (Fsp3) is 0.0500. The van der Waals surface area contributed by atoms with Crippen LogP contribution in [-0.4, -0.2) is 19.5 Å². The predicted molar refractivity (Wildman–Crippen MR) is 270 cm³/mol. The van der Waals surface area contributed by atoms with E-state index in [4.69, 9.17) is 19.4 Å². The average Bonchev–Trinajstić information content (AvgIpc) is 3.93. The molecule has 13 rings (SSSR count). The second-order valence-corrected chi connectivity index (χ2v) is 17.6. The highest BCUT2D eigenvalue weighted by Crippen LogP contribution is 2.55. The zero-order valence-electron chi connectivity index (χ0n) is 36.4. The van der Waals surface area contributed by atoms with E-state index in [2.05, 4.69) is 169 Å². The second-order valence-electron chi connectivity index (χ2n) is 17.6. The third kappa shape index (κ3) is 5.78. The summed E-state index contributed by atoms with van der Waals surface area (Å²) in [6.45, 7) is 4.76. The first kappa shape index (κ1) is 37.9. The predicted octanol–water partition coefficient (Wildman–Crippen LogP) is 15.6. The molecular weight excluding hydrogens is 807 g/mol. The van der Waals surface area contributed by atoms with Crippen molar-refractivity contribution in [2.24, 2.45) is 0 Å². The van der Waals surface area contributed by atoms with Crippen LogP contribution in [0.25, 0.3) is 94.7 Å². The Labute approximate surface area is 381 Å². The van der Waals surface area contributed by atoms with Crippen molar-refractivity contribution in [1.82, 2.24) is 19.5 Å². The van der Waals surface area contributed by atoms with Crippen LogP contribution in [0.3, 0.4) is 0 Å². The summed E-state index contributed by atoms with van der Waals surface area (Å²) in [6.07, 6.45) is 0. The lowest BCUT2D eigenvalue weighted by atomic mass is 9.72. The van der Waals surface area contributed by atoms with Crippen molar-refractivity contribution in [3.63, 3.8) is 0 Å². The lowest BCUT2D eigenvalue weighted by molar-refractivity contribution is 0.636. The maximum absolute atomic E-state index is 7.07. The van der Waals surface area contributed by atoms with Gasteiger partial charge in [-0.15, -0.1) is 0 Å². The topological polar surface area (TPSA) is 60.0 Å². The van der Waals surface area contributed by atoms with E-state index >= 15 is 0 Å². The molecule has 0 N–H and O–H groups in total. The van der Waals surface area contributed by atoms with Gasteiger partial charge >= 0.3 is 0 Å². The van der Waals surface area contributed by atoms with Crippen molar-refractivity contribution in [3.8, 4) is 51.0 Å². The van der Waals surface area contributed by atoms with Gasteiger partial charge in [-0.05, 0) is 65.7 Å². The number of benzene rings is 9. The standard InChI is InChI=1S/C60H41N5O/c1-60(2)49-31-15-16-32-51(49)64(41-23-11-5-12-24-41)52-36-34-44-48-37-40(33-35-50(48)65(54(44)53(52)60)42-25-13-6-14-26-42)43-27-17-28-45-46-29-18-30-47(56(46)66-55(43)45)59-62-57(38-19-7-3-8-20-38)61-58(63-59)39-21-9-4-10-22-39/h3-37H,1-2H3. The van der Waals surface area contributed by atoms with Crippen LogP contribution < -0.4 is 4.90 Å². The Balaban J connectivity index is 1.03. The molecule has 6 nitrogen and oxygen atoms in total. The van der Waals surface area contributed by atoms with Gasteiger partial charge in [0.25, 0.3) is 0 Å². The molecule has 0 aliphatic carbocycles. The first-order valence-corrected chi connectivity index (χ1v) is 22.4. The first-order valence-electron chi connectivity index (χ1n) is 22.4. The lowest BCUT2D eigenvalue weighted by Gasteiger charge is -2.42. The quantitative estimate of drug-likeness (QED) is 0.167. The molecule has 0 saturated carbocycles. The summed E-state index contributed by atoms with van der Waals surface area (Å²) in [5.41, 5.74) is 15.6. The molecule has 9 aromatic carbocycles. The average molecular weight is 848 g/mol. The Kier molecular flexibility index (Phi) is 8.46. The molecule has 0 bridgehead atoms. The van der Waals surface area contributed by atoms with Gasteiger partial charge in [-0.1, -0.05) is 172 Å². The molecule has 0 amide bonds. The minimum atomic E-state index is -0.319. The van der Waals surface area contributed by atoms with Crippen molar-refractivity contribution in [3.05, 3.63) is 223 Å². The monoisotopic (exact) mass is 847 g/mol. The van der Waals surface area contributed by atoms with Gasteiger partial charge < -0.3 is 13.9 Å². The molecule has 12 aromatic rings. The van der Waals surface area contributed by atoms with Gasteiger partial charge in [-0.25, -0.2) is 15.0 Å². The van der Waals surface area contributed by atoms with Crippen LogP contribution in [0.5, 0.6) is 0 Å². The minimum absolute atomic E-state index is 0.319. The van der Waals surface area contributed by atoms with Crippen LogP contribution in [0.1, 0.15) is 25.0 Å². The lowest BCUT2D eigenvalue weighted by Crippen LogP contribution is -2.31. The zero-order chi connectivity index (χ0) is 43.9. The smallest absolute Gasteiger partial charge is 0.167 e. The molecule has 66 heavy (non-hydrogen) atoms. The summed E-state index contributed by atoms with van der Waals surface area (Å²) in [6, 6.07) is 74.8. The third-order valence-electron chi connectivity index (χ3n) is 13.4. The van der Waals surface area contributed by atoms with Crippen LogP contribution >= 0.6 is 0 Å². The fourth-order valence-electron chi connectivity index (χ4n) is 10.4. The number of nitrogens with zero attached hydrogens (tertiary/aromatic N) is 5. The molecule has 312 valence electrons. The molecule has 1 aliphatic rings. The van der Waals surface area contributed by atoms with Gasteiger partial charge in [-0.2, -0.15) is 0 Å². The molecule has 3 aromatic heterocycles. The molecule has 0 saturated heterocycles.